The van der Waals surface area contributed by atoms with Crippen molar-refractivity contribution in [2.75, 3.05) is 26.1 Å². The van der Waals surface area contributed by atoms with Gasteiger partial charge in [0, 0.05) is 14.2 Å². The summed E-state index contributed by atoms with van der Waals surface area (Å²) in [6, 6.07) is 4.63. The van der Waals surface area contributed by atoms with Gasteiger partial charge in [0.1, 0.15) is 30.2 Å². The largest absolute Gasteiger partial charge is 0.472 e. The molecule has 1 aliphatic rings. The summed E-state index contributed by atoms with van der Waals surface area (Å²) >= 11 is 0. The van der Waals surface area contributed by atoms with E-state index >= 15 is 0 Å². The predicted octanol–water partition coefficient (Wildman–Crippen LogP) is -0.830. The van der Waals surface area contributed by atoms with Crippen molar-refractivity contribution in [1.29, 1.82) is 0 Å². The Balaban J connectivity index is 2.13. The van der Waals surface area contributed by atoms with Crippen LogP contribution < -0.4 is 10.1 Å². The minimum atomic E-state index is -4.11. The fraction of sp³-hybridized carbons (Fsp3) is 0.600. The molecule has 1 aromatic carbocycles. The van der Waals surface area contributed by atoms with Gasteiger partial charge in [-0.15, -0.1) is 0 Å². The minimum Gasteiger partial charge on any atom is -0.460 e. The second-order valence-electron chi connectivity index (χ2n) is 5.82. The molecule has 1 aromatic rings. The van der Waals surface area contributed by atoms with Crippen LogP contribution in [0.25, 0.3) is 0 Å². The highest BCUT2D eigenvalue weighted by Crippen LogP contribution is 2.43. The maximum absolute atomic E-state index is 11.4. The number of aliphatic hydroxyl groups is 4. The van der Waals surface area contributed by atoms with E-state index in [4.69, 9.17) is 14.0 Å². The van der Waals surface area contributed by atoms with Crippen LogP contribution in [0.15, 0.2) is 18.2 Å². The highest BCUT2D eigenvalue weighted by Gasteiger charge is 2.44. The lowest BCUT2D eigenvalue weighted by Crippen LogP contribution is -2.60. The molecule has 0 radical (unpaired) electrons. The van der Waals surface area contributed by atoms with Crippen molar-refractivity contribution in [3.05, 3.63) is 23.8 Å². The average Bonchev–Trinajstić information content (AvgIpc) is 2.67. The monoisotopic (exact) mass is 409 g/mol. The van der Waals surface area contributed by atoms with E-state index in [0.29, 0.717) is 11.3 Å². The van der Waals surface area contributed by atoms with E-state index in [1.165, 1.54) is 6.07 Å². The molecule has 0 aromatic heterocycles. The molecule has 6 unspecified atom stereocenters. The van der Waals surface area contributed by atoms with Gasteiger partial charge in [0.05, 0.1) is 18.9 Å². The van der Waals surface area contributed by atoms with Gasteiger partial charge in [0.15, 0.2) is 0 Å². The summed E-state index contributed by atoms with van der Waals surface area (Å²) in [5.74, 6) is 0.240. The summed E-state index contributed by atoms with van der Waals surface area (Å²) in [7, 11) is -1.46. The molecule has 1 aliphatic heterocycles. The number of benzene rings is 1. The Hall–Kier alpha value is -1.27. The first kappa shape index (κ1) is 22.0. The van der Waals surface area contributed by atoms with Gasteiger partial charge in [0.25, 0.3) is 0 Å². The first-order valence-electron chi connectivity index (χ1n) is 8.03. The van der Waals surface area contributed by atoms with E-state index in [1.54, 1.807) is 19.2 Å². The fourth-order valence-electron chi connectivity index (χ4n) is 2.46. The number of anilines is 1. The van der Waals surface area contributed by atoms with Crippen LogP contribution in [0.3, 0.4) is 0 Å². The Morgan fingerprint density at radius 3 is 2.52 bits per heavy atom. The van der Waals surface area contributed by atoms with Gasteiger partial charge in [-0.25, -0.2) is 4.57 Å². The number of phosphoric acid groups is 1. The zero-order valence-corrected chi connectivity index (χ0v) is 15.7. The summed E-state index contributed by atoms with van der Waals surface area (Å²) < 4.78 is 31.4. The van der Waals surface area contributed by atoms with Crippen molar-refractivity contribution < 1.29 is 48.4 Å². The lowest BCUT2D eigenvalue weighted by Gasteiger charge is -2.39. The van der Waals surface area contributed by atoms with Gasteiger partial charge in [-0.05, 0) is 17.7 Å². The van der Waals surface area contributed by atoms with E-state index in [9.17, 15) is 29.9 Å². The van der Waals surface area contributed by atoms with Crippen LogP contribution in [0.2, 0.25) is 0 Å². The van der Waals surface area contributed by atoms with Gasteiger partial charge in [-0.3, -0.25) is 9.05 Å². The lowest BCUT2D eigenvalue weighted by molar-refractivity contribution is -0.277. The molecule has 6 atom stereocenters. The molecule has 1 fully saturated rings. The molecular weight excluding hydrogens is 385 g/mol. The van der Waals surface area contributed by atoms with E-state index in [2.05, 4.69) is 9.84 Å². The molecule has 2 rings (SSSR count). The van der Waals surface area contributed by atoms with Crippen molar-refractivity contribution in [3.63, 3.8) is 0 Å². The van der Waals surface area contributed by atoms with Gasteiger partial charge in [-0.1, -0.05) is 6.07 Å². The highest BCUT2D eigenvalue weighted by molar-refractivity contribution is 7.47. The maximum atomic E-state index is 11.4. The number of hydrogen-bond donors (Lipinski definition) is 6. The van der Waals surface area contributed by atoms with Crippen LogP contribution >= 0.6 is 7.82 Å². The summed E-state index contributed by atoms with van der Waals surface area (Å²) in [4.78, 5) is 9.27. The SMILES string of the molecule is CNc1cc(COP(=O)(O)OC)ccc1OC1OC(CO)C(O)C(O)C1O. The standard InChI is InChI=1S/C15H24NO10P/c1-16-9-5-8(7-24-27(21,22)23-2)3-4-10(9)25-15-14(20)13(19)12(18)11(6-17)26-15/h3-5,11-20H,6-7H2,1-2H3,(H,21,22). The second kappa shape index (κ2) is 9.28. The van der Waals surface area contributed by atoms with Crippen molar-refractivity contribution in [2.45, 2.75) is 37.3 Å². The van der Waals surface area contributed by atoms with Gasteiger partial charge >= 0.3 is 7.82 Å². The van der Waals surface area contributed by atoms with Crippen LogP contribution in [-0.4, -0.2) is 76.8 Å². The van der Waals surface area contributed by atoms with Gasteiger partial charge < -0.3 is 40.1 Å². The zero-order chi connectivity index (χ0) is 20.2. The fourth-order valence-corrected chi connectivity index (χ4v) is 2.88. The zero-order valence-electron chi connectivity index (χ0n) is 14.8. The number of phosphoric ester groups is 1. The van der Waals surface area contributed by atoms with E-state index in [0.717, 1.165) is 7.11 Å². The summed E-state index contributed by atoms with van der Waals surface area (Å²) in [6.07, 6.45) is -7.01. The molecule has 0 aliphatic carbocycles. The Morgan fingerprint density at radius 1 is 1.22 bits per heavy atom. The normalized spacial score (nSPS) is 30.6. The molecule has 6 N–H and O–H groups in total. The van der Waals surface area contributed by atoms with Gasteiger partial charge in [-0.2, -0.15) is 0 Å². The van der Waals surface area contributed by atoms with Crippen LogP contribution in [0.5, 0.6) is 5.75 Å². The molecule has 11 nitrogen and oxygen atoms in total. The molecule has 27 heavy (non-hydrogen) atoms. The number of hydrogen-bond acceptors (Lipinski definition) is 10. The number of aliphatic hydroxyl groups excluding tert-OH is 4. The molecular formula is C15H24NO10P. The quantitative estimate of drug-likeness (QED) is 0.297. The predicted molar refractivity (Wildman–Crippen MR) is 92.0 cm³/mol. The summed E-state index contributed by atoms with van der Waals surface area (Å²) in [5, 5.41) is 41.7. The molecule has 0 bridgehead atoms. The molecule has 12 heteroatoms. The third-order valence-electron chi connectivity index (χ3n) is 4.03. The molecule has 0 saturated carbocycles. The topological polar surface area (TPSA) is 167 Å². The third-order valence-corrected chi connectivity index (χ3v) is 4.95. The van der Waals surface area contributed by atoms with E-state index in [1.807, 2.05) is 0 Å². The van der Waals surface area contributed by atoms with Crippen molar-refractivity contribution >= 4 is 13.5 Å². The summed E-state index contributed by atoms with van der Waals surface area (Å²) in [6.45, 7) is -0.767. The van der Waals surface area contributed by atoms with Crippen molar-refractivity contribution in [1.82, 2.24) is 0 Å². The molecule has 1 heterocycles. The summed E-state index contributed by atoms with van der Waals surface area (Å²) in [5.41, 5.74) is 0.977. The Morgan fingerprint density at radius 2 is 1.93 bits per heavy atom. The van der Waals surface area contributed by atoms with Crippen LogP contribution in [0.1, 0.15) is 5.56 Å². The van der Waals surface area contributed by atoms with Crippen LogP contribution in [-0.2, 0) is 25.0 Å². The Labute approximate surface area is 155 Å². The van der Waals surface area contributed by atoms with E-state index in [-0.39, 0.29) is 12.4 Å². The first-order chi connectivity index (χ1) is 12.7. The lowest BCUT2D eigenvalue weighted by atomic mass is 9.99. The smallest absolute Gasteiger partial charge is 0.460 e. The average molecular weight is 409 g/mol. The third kappa shape index (κ3) is 5.38. The molecule has 0 spiro atoms. The molecule has 0 amide bonds. The van der Waals surface area contributed by atoms with Crippen LogP contribution in [0, 0.1) is 0 Å². The van der Waals surface area contributed by atoms with Crippen molar-refractivity contribution in [2.24, 2.45) is 0 Å². The number of nitrogens with one attached hydrogen (secondary N) is 1. The Bertz CT molecular complexity index is 672. The first-order valence-corrected chi connectivity index (χ1v) is 9.53. The van der Waals surface area contributed by atoms with Gasteiger partial charge in [0.2, 0.25) is 6.29 Å². The Kier molecular flexibility index (Phi) is 7.57. The number of ether oxygens (including phenoxy) is 2. The maximum Gasteiger partial charge on any atom is 0.472 e. The highest BCUT2D eigenvalue weighted by atomic mass is 31.2. The second-order valence-corrected chi connectivity index (χ2v) is 7.38. The molecule has 154 valence electrons. The van der Waals surface area contributed by atoms with Crippen LogP contribution in [0.4, 0.5) is 5.69 Å². The minimum absolute atomic E-state index is 0.198. The number of rotatable bonds is 8. The van der Waals surface area contributed by atoms with E-state index < -0.39 is 45.1 Å². The molecule has 1 saturated heterocycles. The van der Waals surface area contributed by atoms with Crippen molar-refractivity contribution in [3.8, 4) is 5.75 Å².